The maximum absolute atomic E-state index is 14.1. The second-order valence-electron chi connectivity index (χ2n) is 8.48. The van der Waals surface area contributed by atoms with E-state index in [9.17, 15) is 14.0 Å². The van der Waals surface area contributed by atoms with Gasteiger partial charge in [0.05, 0.1) is 12.6 Å². The Hall–Kier alpha value is -3.23. The van der Waals surface area contributed by atoms with E-state index in [1.807, 2.05) is 30.5 Å². The Balaban J connectivity index is 1.53. The predicted molar refractivity (Wildman–Crippen MR) is 133 cm³/mol. The number of para-hydroxylation sites is 1. The number of thiophene rings is 1. The predicted octanol–water partition coefficient (Wildman–Crippen LogP) is 4.49. The van der Waals surface area contributed by atoms with E-state index in [1.54, 1.807) is 53.7 Å². The fraction of sp³-hybridized carbons (Fsp3) is 0.333. The summed E-state index contributed by atoms with van der Waals surface area (Å²) in [6, 6.07) is 15.2. The number of halogens is 1. The van der Waals surface area contributed by atoms with Gasteiger partial charge in [0, 0.05) is 30.6 Å². The van der Waals surface area contributed by atoms with Gasteiger partial charge in [-0.25, -0.2) is 4.39 Å². The zero-order valence-electron chi connectivity index (χ0n) is 19.9. The van der Waals surface area contributed by atoms with Crippen molar-refractivity contribution in [1.29, 1.82) is 0 Å². The standard InChI is InChI=1S/C27H29FN2O4S/c1-19-7-9-20(10-8-19)27(32)29(14-15-33-2)17-26(31)30-13-11-25-21(12-16-35-25)23(30)18-34-24-6-4-3-5-22(24)28/h3-10,12,16,23H,11,13-15,17-18H2,1-2H3/t23-/m0/s1. The van der Waals surface area contributed by atoms with Gasteiger partial charge in [-0.1, -0.05) is 29.8 Å². The SMILES string of the molecule is COCCN(CC(=O)N1CCc2sccc2[C@@H]1COc1ccccc1F)C(=O)c1ccc(C)cc1. The number of ether oxygens (including phenoxy) is 2. The molecule has 184 valence electrons. The molecule has 0 fully saturated rings. The first kappa shape index (κ1) is 24.9. The summed E-state index contributed by atoms with van der Waals surface area (Å²) in [6.45, 7) is 3.13. The lowest BCUT2D eigenvalue weighted by molar-refractivity contribution is -0.135. The fourth-order valence-corrected chi connectivity index (χ4v) is 5.12. The first-order valence-electron chi connectivity index (χ1n) is 11.6. The molecule has 0 aliphatic carbocycles. The van der Waals surface area contributed by atoms with Crippen LogP contribution in [0.3, 0.4) is 0 Å². The van der Waals surface area contributed by atoms with Crippen molar-refractivity contribution in [2.24, 2.45) is 0 Å². The van der Waals surface area contributed by atoms with Gasteiger partial charge in [0.2, 0.25) is 5.91 Å². The maximum Gasteiger partial charge on any atom is 0.254 e. The second-order valence-corrected chi connectivity index (χ2v) is 9.48. The molecule has 35 heavy (non-hydrogen) atoms. The van der Waals surface area contributed by atoms with Gasteiger partial charge in [-0.2, -0.15) is 0 Å². The number of methoxy groups -OCH3 is 1. The highest BCUT2D eigenvalue weighted by atomic mass is 32.1. The number of carbonyl (C=O) groups is 2. The van der Waals surface area contributed by atoms with Crippen LogP contribution in [0, 0.1) is 12.7 Å². The van der Waals surface area contributed by atoms with Crippen LogP contribution in [0.1, 0.15) is 32.4 Å². The molecule has 1 atom stereocenters. The van der Waals surface area contributed by atoms with Crippen molar-refractivity contribution in [1.82, 2.24) is 9.80 Å². The monoisotopic (exact) mass is 496 g/mol. The Kier molecular flexibility index (Phi) is 8.15. The number of nitrogens with zero attached hydrogens (tertiary/aromatic N) is 2. The van der Waals surface area contributed by atoms with Crippen LogP contribution < -0.4 is 4.74 Å². The number of rotatable bonds is 9. The minimum atomic E-state index is -0.443. The lowest BCUT2D eigenvalue weighted by Crippen LogP contribution is -2.48. The van der Waals surface area contributed by atoms with Crippen LogP contribution in [0.2, 0.25) is 0 Å². The second kappa shape index (κ2) is 11.5. The Bertz CT molecular complexity index is 1160. The van der Waals surface area contributed by atoms with Gasteiger partial charge in [0.15, 0.2) is 11.6 Å². The van der Waals surface area contributed by atoms with E-state index in [-0.39, 0.29) is 36.8 Å². The molecule has 0 bridgehead atoms. The Morgan fingerprint density at radius 3 is 2.66 bits per heavy atom. The lowest BCUT2D eigenvalue weighted by atomic mass is 10.0. The molecule has 2 heterocycles. The average Bonchev–Trinajstić information content (AvgIpc) is 3.35. The summed E-state index contributed by atoms with van der Waals surface area (Å²) in [5.74, 6) is -0.692. The quantitative estimate of drug-likeness (QED) is 0.438. The van der Waals surface area contributed by atoms with Crippen LogP contribution >= 0.6 is 11.3 Å². The molecule has 0 spiro atoms. The Labute approximate surface area is 208 Å². The van der Waals surface area contributed by atoms with E-state index in [1.165, 1.54) is 15.8 Å². The maximum atomic E-state index is 14.1. The van der Waals surface area contributed by atoms with Crippen molar-refractivity contribution in [3.63, 3.8) is 0 Å². The summed E-state index contributed by atoms with van der Waals surface area (Å²) in [6.07, 6.45) is 0.735. The molecule has 0 saturated heterocycles. The van der Waals surface area contributed by atoms with Crippen LogP contribution in [0.15, 0.2) is 60.0 Å². The summed E-state index contributed by atoms with van der Waals surface area (Å²) >= 11 is 1.65. The molecule has 0 unspecified atom stereocenters. The van der Waals surface area contributed by atoms with Crippen molar-refractivity contribution in [2.45, 2.75) is 19.4 Å². The number of hydrogen-bond donors (Lipinski definition) is 0. The van der Waals surface area contributed by atoms with E-state index < -0.39 is 5.82 Å². The zero-order chi connectivity index (χ0) is 24.8. The third-order valence-electron chi connectivity index (χ3n) is 6.13. The molecule has 2 amide bonds. The summed E-state index contributed by atoms with van der Waals surface area (Å²) in [4.78, 5) is 31.2. The van der Waals surface area contributed by atoms with Crippen LogP contribution in [0.5, 0.6) is 5.75 Å². The highest BCUT2D eigenvalue weighted by molar-refractivity contribution is 7.10. The third kappa shape index (κ3) is 5.89. The molecule has 1 aliphatic heterocycles. The van der Waals surface area contributed by atoms with Crippen LogP contribution in [-0.2, 0) is 16.0 Å². The molecule has 0 radical (unpaired) electrons. The highest BCUT2D eigenvalue weighted by Gasteiger charge is 2.33. The molecule has 4 rings (SSSR count). The number of carbonyl (C=O) groups excluding carboxylic acids is 2. The molecule has 1 aliphatic rings. The van der Waals surface area contributed by atoms with Gasteiger partial charge in [0.25, 0.3) is 5.91 Å². The van der Waals surface area contributed by atoms with Gasteiger partial charge in [-0.3, -0.25) is 9.59 Å². The molecule has 3 aromatic rings. The number of hydrogen-bond acceptors (Lipinski definition) is 5. The third-order valence-corrected chi connectivity index (χ3v) is 7.12. The van der Waals surface area contributed by atoms with E-state index >= 15 is 0 Å². The summed E-state index contributed by atoms with van der Waals surface area (Å²) < 4.78 is 25.1. The largest absolute Gasteiger partial charge is 0.488 e. The van der Waals surface area contributed by atoms with Crippen molar-refractivity contribution < 1.29 is 23.5 Å². The normalized spacial score (nSPS) is 14.9. The molecule has 8 heteroatoms. The fourth-order valence-electron chi connectivity index (χ4n) is 4.19. The van der Waals surface area contributed by atoms with E-state index in [4.69, 9.17) is 9.47 Å². The van der Waals surface area contributed by atoms with Gasteiger partial charge in [0.1, 0.15) is 13.2 Å². The van der Waals surface area contributed by atoms with Gasteiger partial charge >= 0.3 is 0 Å². The van der Waals surface area contributed by atoms with Crippen molar-refractivity contribution >= 4 is 23.2 Å². The van der Waals surface area contributed by atoms with Crippen LogP contribution in [-0.4, -0.2) is 61.6 Å². The minimum absolute atomic E-state index is 0.0776. The molecule has 0 N–H and O–H groups in total. The van der Waals surface area contributed by atoms with Crippen molar-refractivity contribution in [3.05, 3.63) is 87.4 Å². The number of fused-ring (bicyclic) bond motifs is 1. The minimum Gasteiger partial charge on any atom is -0.488 e. The Morgan fingerprint density at radius 1 is 1.14 bits per heavy atom. The molecule has 6 nitrogen and oxygen atoms in total. The molecule has 1 aromatic heterocycles. The summed E-state index contributed by atoms with van der Waals surface area (Å²) in [7, 11) is 1.56. The summed E-state index contributed by atoms with van der Waals surface area (Å²) in [5.41, 5.74) is 2.59. The van der Waals surface area contributed by atoms with Gasteiger partial charge in [-0.05, 0) is 54.6 Å². The van der Waals surface area contributed by atoms with E-state index in [0.29, 0.717) is 25.3 Å². The Morgan fingerprint density at radius 2 is 1.91 bits per heavy atom. The first-order chi connectivity index (χ1) is 17.0. The average molecular weight is 497 g/mol. The van der Waals surface area contributed by atoms with E-state index in [2.05, 4.69) is 0 Å². The molecular weight excluding hydrogens is 467 g/mol. The van der Waals surface area contributed by atoms with Gasteiger partial charge in [-0.15, -0.1) is 11.3 Å². The number of benzene rings is 2. The van der Waals surface area contributed by atoms with Crippen LogP contribution in [0.25, 0.3) is 0 Å². The lowest BCUT2D eigenvalue weighted by Gasteiger charge is -2.37. The smallest absolute Gasteiger partial charge is 0.254 e. The molecule has 2 aromatic carbocycles. The zero-order valence-corrected chi connectivity index (χ0v) is 20.7. The van der Waals surface area contributed by atoms with Crippen molar-refractivity contribution in [2.75, 3.05) is 40.0 Å². The van der Waals surface area contributed by atoms with E-state index in [0.717, 1.165) is 17.5 Å². The highest BCUT2D eigenvalue weighted by Crippen LogP contribution is 2.34. The molecule has 0 saturated carbocycles. The number of aryl methyl sites for hydroxylation is 1. The summed E-state index contributed by atoms with van der Waals surface area (Å²) in [5, 5.41) is 2.00. The van der Waals surface area contributed by atoms with Gasteiger partial charge < -0.3 is 19.3 Å². The number of amides is 2. The topological polar surface area (TPSA) is 59.1 Å². The first-order valence-corrected chi connectivity index (χ1v) is 12.4. The molecular formula is C27H29FN2O4S. The van der Waals surface area contributed by atoms with Crippen LogP contribution in [0.4, 0.5) is 4.39 Å². The van der Waals surface area contributed by atoms with Crippen molar-refractivity contribution in [3.8, 4) is 5.75 Å².